The van der Waals surface area contributed by atoms with Crippen LogP contribution in [-0.2, 0) is 9.68 Å². The Morgan fingerprint density at radius 2 is 2.03 bits per heavy atom. The zero-order chi connectivity index (χ0) is 23.0. The van der Waals surface area contributed by atoms with Crippen LogP contribution in [0.4, 0.5) is 24.5 Å². The minimum absolute atomic E-state index is 0.186. The highest BCUT2D eigenvalue weighted by atomic mass is 127. The standard InChI is InChI=1S/C19H19F3IN3O5/c1-10(28)9-31-24-8-11-6-13(19(29)26-30-5-4-27)18(17(22)16(11)21)25-15-3-2-12(23)7-14(15)20/h2-3,6-8,10,25,27-28H,4-5,9H2,1H3,(H,26,29). The van der Waals surface area contributed by atoms with Gasteiger partial charge in [-0.1, -0.05) is 5.16 Å². The lowest BCUT2D eigenvalue weighted by Gasteiger charge is -2.15. The predicted octanol–water partition coefficient (Wildman–Crippen LogP) is 2.84. The average molecular weight is 553 g/mol. The number of oxime groups is 1. The van der Waals surface area contributed by atoms with Crippen LogP contribution >= 0.6 is 22.6 Å². The number of amides is 1. The minimum atomic E-state index is -1.47. The third kappa shape index (κ3) is 7.05. The first kappa shape index (κ1) is 24.8. The molecular formula is C19H19F3IN3O5. The summed E-state index contributed by atoms with van der Waals surface area (Å²) in [4.78, 5) is 21.9. The molecule has 1 amide bonds. The van der Waals surface area contributed by atoms with Crippen LogP contribution in [0.1, 0.15) is 22.8 Å². The van der Waals surface area contributed by atoms with E-state index in [2.05, 4.69) is 10.5 Å². The number of aliphatic hydroxyl groups excluding tert-OH is 2. The van der Waals surface area contributed by atoms with Crippen LogP contribution in [0.25, 0.3) is 0 Å². The van der Waals surface area contributed by atoms with Gasteiger partial charge in [-0.3, -0.25) is 9.63 Å². The molecule has 0 fully saturated rings. The Bertz CT molecular complexity index is 960. The molecule has 2 rings (SSSR count). The second kappa shape index (κ2) is 11.8. The van der Waals surface area contributed by atoms with E-state index >= 15 is 0 Å². The van der Waals surface area contributed by atoms with Gasteiger partial charge in [-0.05, 0) is 53.8 Å². The van der Waals surface area contributed by atoms with Crippen molar-refractivity contribution in [3.63, 3.8) is 0 Å². The summed E-state index contributed by atoms with van der Waals surface area (Å²) >= 11 is 1.88. The van der Waals surface area contributed by atoms with Crippen molar-refractivity contribution in [2.45, 2.75) is 13.0 Å². The summed E-state index contributed by atoms with van der Waals surface area (Å²) in [5.74, 6) is -4.57. The van der Waals surface area contributed by atoms with E-state index in [0.29, 0.717) is 3.57 Å². The number of hydroxylamine groups is 1. The molecule has 0 aliphatic rings. The summed E-state index contributed by atoms with van der Waals surface area (Å²) in [5.41, 5.74) is 0.285. The van der Waals surface area contributed by atoms with Gasteiger partial charge in [0.15, 0.2) is 11.6 Å². The third-order valence-corrected chi connectivity index (χ3v) is 4.28. The Morgan fingerprint density at radius 1 is 1.29 bits per heavy atom. The van der Waals surface area contributed by atoms with E-state index in [1.54, 1.807) is 0 Å². The molecule has 168 valence electrons. The van der Waals surface area contributed by atoms with Gasteiger partial charge < -0.3 is 20.4 Å². The molecule has 31 heavy (non-hydrogen) atoms. The minimum Gasteiger partial charge on any atom is -0.394 e. The number of halogens is 4. The van der Waals surface area contributed by atoms with E-state index in [0.717, 1.165) is 12.3 Å². The van der Waals surface area contributed by atoms with Gasteiger partial charge in [0.25, 0.3) is 5.91 Å². The molecular weight excluding hydrogens is 534 g/mol. The number of nitrogens with one attached hydrogen (secondary N) is 2. The number of rotatable bonds is 10. The second-order valence-electron chi connectivity index (χ2n) is 6.15. The van der Waals surface area contributed by atoms with Crippen LogP contribution in [0, 0.1) is 21.0 Å². The van der Waals surface area contributed by atoms with E-state index in [4.69, 9.17) is 19.9 Å². The molecule has 8 nitrogen and oxygen atoms in total. The summed E-state index contributed by atoms with van der Waals surface area (Å²) < 4.78 is 44.2. The zero-order valence-electron chi connectivity index (χ0n) is 16.2. The highest BCUT2D eigenvalue weighted by molar-refractivity contribution is 14.1. The molecule has 0 saturated heterocycles. The molecule has 0 aliphatic heterocycles. The van der Waals surface area contributed by atoms with Gasteiger partial charge in [0.05, 0.1) is 42.5 Å². The lowest BCUT2D eigenvalue weighted by atomic mass is 10.1. The molecule has 1 atom stereocenters. The maximum absolute atomic E-state index is 14.8. The number of hydrogen-bond acceptors (Lipinski definition) is 7. The molecule has 0 spiro atoms. The normalized spacial score (nSPS) is 12.1. The second-order valence-corrected chi connectivity index (χ2v) is 7.39. The van der Waals surface area contributed by atoms with Crippen molar-refractivity contribution in [2.24, 2.45) is 5.16 Å². The van der Waals surface area contributed by atoms with Gasteiger partial charge in [-0.15, -0.1) is 0 Å². The number of carbonyl (C=O) groups is 1. The van der Waals surface area contributed by atoms with Crippen molar-refractivity contribution in [1.82, 2.24) is 5.48 Å². The van der Waals surface area contributed by atoms with Gasteiger partial charge in [0.2, 0.25) is 0 Å². The highest BCUT2D eigenvalue weighted by Crippen LogP contribution is 2.30. The van der Waals surface area contributed by atoms with Crippen molar-refractivity contribution < 1.29 is 37.9 Å². The first-order chi connectivity index (χ1) is 14.7. The molecule has 0 heterocycles. The van der Waals surface area contributed by atoms with Crippen LogP contribution in [0.3, 0.4) is 0 Å². The quantitative estimate of drug-likeness (QED) is 0.156. The maximum Gasteiger partial charge on any atom is 0.277 e. The van der Waals surface area contributed by atoms with Crippen LogP contribution in [-0.4, -0.2) is 48.3 Å². The summed E-state index contributed by atoms with van der Waals surface area (Å²) in [6.07, 6.45) is -0.0133. The van der Waals surface area contributed by atoms with Crippen LogP contribution in [0.2, 0.25) is 0 Å². The van der Waals surface area contributed by atoms with Crippen molar-refractivity contribution in [1.29, 1.82) is 0 Å². The smallest absolute Gasteiger partial charge is 0.277 e. The number of hydrogen-bond donors (Lipinski definition) is 4. The summed E-state index contributed by atoms with van der Waals surface area (Å²) in [5, 5.41) is 23.7. The SMILES string of the molecule is CC(O)CON=Cc1cc(C(=O)NOCCO)c(Nc2ccc(I)cc2F)c(F)c1F. The lowest BCUT2D eigenvalue weighted by Crippen LogP contribution is -2.26. The lowest BCUT2D eigenvalue weighted by molar-refractivity contribution is 0.0168. The molecule has 0 aromatic heterocycles. The van der Waals surface area contributed by atoms with E-state index in [9.17, 15) is 18.0 Å². The van der Waals surface area contributed by atoms with E-state index in [-0.39, 0.29) is 18.9 Å². The van der Waals surface area contributed by atoms with Gasteiger partial charge >= 0.3 is 0 Å². The van der Waals surface area contributed by atoms with Crippen molar-refractivity contribution in [3.05, 3.63) is 56.4 Å². The average Bonchev–Trinajstić information content (AvgIpc) is 2.71. The van der Waals surface area contributed by atoms with Crippen LogP contribution in [0.15, 0.2) is 29.4 Å². The molecule has 2 aromatic carbocycles. The molecule has 1 unspecified atom stereocenters. The first-order valence-electron chi connectivity index (χ1n) is 8.85. The number of aliphatic hydroxyl groups is 2. The topological polar surface area (TPSA) is 112 Å². The predicted molar refractivity (Wildman–Crippen MR) is 114 cm³/mol. The van der Waals surface area contributed by atoms with Crippen molar-refractivity contribution >= 4 is 46.1 Å². The molecule has 0 bridgehead atoms. The summed E-state index contributed by atoms with van der Waals surface area (Å²) in [6.45, 7) is 0.616. The molecule has 12 heteroatoms. The first-order valence-corrected chi connectivity index (χ1v) is 9.93. The Labute approximate surface area is 189 Å². The largest absolute Gasteiger partial charge is 0.394 e. The fraction of sp³-hybridized carbons (Fsp3) is 0.263. The molecule has 0 radical (unpaired) electrons. The number of anilines is 2. The molecule has 2 aromatic rings. The Kier molecular flexibility index (Phi) is 9.48. The van der Waals surface area contributed by atoms with Crippen LogP contribution in [0.5, 0.6) is 0 Å². The molecule has 0 aliphatic carbocycles. The van der Waals surface area contributed by atoms with Crippen molar-refractivity contribution in [3.8, 4) is 0 Å². The monoisotopic (exact) mass is 553 g/mol. The van der Waals surface area contributed by atoms with E-state index in [1.165, 1.54) is 25.1 Å². The number of nitrogens with zero attached hydrogens (tertiary/aromatic N) is 1. The Hall–Kier alpha value is -2.42. The summed E-state index contributed by atoms with van der Waals surface area (Å²) in [7, 11) is 0. The Morgan fingerprint density at radius 3 is 2.68 bits per heavy atom. The van der Waals surface area contributed by atoms with Crippen molar-refractivity contribution in [2.75, 3.05) is 25.1 Å². The van der Waals surface area contributed by atoms with E-state index < -0.39 is 52.9 Å². The van der Waals surface area contributed by atoms with Gasteiger partial charge in [-0.25, -0.2) is 18.7 Å². The molecule has 4 N–H and O–H groups in total. The van der Waals surface area contributed by atoms with Gasteiger partial charge in [-0.2, -0.15) is 0 Å². The number of carbonyl (C=O) groups excluding carboxylic acids is 1. The fourth-order valence-corrected chi connectivity index (χ4v) is 2.68. The Balaban J connectivity index is 2.45. The van der Waals surface area contributed by atoms with Gasteiger partial charge in [0, 0.05) is 9.13 Å². The summed E-state index contributed by atoms with van der Waals surface area (Å²) in [6, 6.07) is 4.96. The molecule has 0 saturated carbocycles. The van der Waals surface area contributed by atoms with Crippen LogP contribution < -0.4 is 10.8 Å². The van der Waals surface area contributed by atoms with E-state index in [1.807, 2.05) is 28.1 Å². The zero-order valence-corrected chi connectivity index (χ0v) is 18.3. The highest BCUT2D eigenvalue weighted by Gasteiger charge is 2.23. The van der Waals surface area contributed by atoms with Gasteiger partial charge in [0.1, 0.15) is 12.4 Å². The maximum atomic E-state index is 14.8. The third-order valence-electron chi connectivity index (χ3n) is 3.61. The fourth-order valence-electron chi connectivity index (χ4n) is 2.23. The number of benzene rings is 2.